The minimum Gasteiger partial charge on any atom is -0.478 e. The minimum atomic E-state index is -0.882. The highest BCUT2D eigenvalue weighted by Crippen LogP contribution is 2.41. The van der Waals surface area contributed by atoms with Crippen LogP contribution in [-0.4, -0.2) is 16.1 Å². The van der Waals surface area contributed by atoms with Crippen LogP contribution in [0.2, 0.25) is 0 Å². The number of carboxylic acid groups (broad SMARTS) is 1. The molecular formula is C16H16BrNO2. The van der Waals surface area contributed by atoms with E-state index in [4.69, 9.17) is 4.98 Å². The second-order valence-electron chi connectivity index (χ2n) is 5.72. The predicted molar refractivity (Wildman–Crippen MR) is 82.5 cm³/mol. The van der Waals surface area contributed by atoms with E-state index < -0.39 is 5.97 Å². The van der Waals surface area contributed by atoms with Crippen molar-refractivity contribution in [1.29, 1.82) is 0 Å². The fourth-order valence-corrected chi connectivity index (χ4v) is 3.02. The summed E-state index contributed by atoms with van der Waals surface area (Å²) in [6.45, 7) is 4.21. The van der Waals surface area contributed by atoms with E-state index in [2.05, 4.69) is 29.8 Å². The Kier molecular flexibility index (Phi) is 3.28. The van der Waals surface area contributed by atoms with Gasteiger partial charge in [-0.05, 0) is 42.5 Å². The number of pyridine rings is 1. The maximum atomic E-state index is 11.6. The number of nitrogens with zero attached hydrogens (tertiary/aromatic N) is 1. The van der Waals surface area contributed by atoms with Crippen LogP contribution in [0.1, 0.15) is 60.1 Å². The van der Waals surface area contributed by atoms with Crippen LogP contribution in [-0.2, 0) is 0 Å². The van der Waals surface area contributed by atoms with Gasteiger partial charge in [0.2, 0.25) is 0 Å². The fraction of sp³-hybridized carbons (Fsp3) is 0.375. The lowest BCUT2D eigenvalue weighted by molar-refractivity contribution is 0.0699. The van der Waals surface area contributed by atoms with Crippen molar-refractivity contribution in [2.45, 2.75) is 38.5 Å². The molecule has 20 heavy (non-hydrogen) atoms. The van der Waals surface area contributed by atoms with E-state index in [1.165, 1.54) is 0 Å². The van der Waals surface area contributed by atoms with E-state index in [0.29, 0.717) is 17.4 Å². The molecule has 2 aromatic rings. The van der Waals surface area contributed by atoms with Gasteiger partial charge in [-0.3, -0.25) is 4.98 Å². The van der Waals surface area contributed by atoms with Crippen LogP contribution in [0.3, 0.4) is 0 Å². The van der Waals surface area contributed by atoms with Gasteiger partial charge in [-0.25, -0.2) is 4.79 Å². The third-order valence-electron chi connectivity index (χ3n) is 3.78. The second-order valence-corrected chi connectivity index (χ2v) is 6.64. The Morgan fingerprint density at radius 2 is 2.05 bits per heavy atom. The van der Waals surface area contributed by atoms with Gasteiger partial charge in [0.15, 0.2) is 0 Å². The summed E-state index contributed by atoms with van der Waals surface area (Å²) in [4.78, 5) is 16.3. The average molecular weight is 334 g/mol. The van der Waals surface area contributed by atoms with Crippen LogP contribution >= 0.6 is 15.9 Å². The van der Waals surface area contributed by atoms with Gasteiger partial charge in [-0.15, -0.1) is 0 Å². The SMILES string of the molecule is CC(C)c1cc(Br)cc2c(C(=O)O)cc(C3CC3)nc12. The summed E-state index contributed by atoms with van der Waals surface area (Å²) in [7, 11) is 0. The summed E-state index contributed by atoms with van der Waals surface area (Å²) >= 11 is 3.47. The van der Waals surface area contributed by atoms with E-state index >= 15 is 0 Å². The Morgan fingerprint density at radius 1 is 1.35 bits per heavy atom. The van der Waals surface area contributed by atoms with Gasteiger partial charge in [0.25, 0.3) is 0 Å². The number of hydrogen-bond acceptors (Lipinski definition) is 2. The molecule has 0 aliphatic heterocycles. The first kappa shape index (κ1) is 13.6. The smallest absolute Gasteiger partial charge is 0.336 e. The molecule has 0 bridgehead atoms. The predicted octanol–water partition coefficient (Wildman–Crippen LogP) is 4.70. The van der Waals surface area contributed by atoms with Crippen LogP contribution in [0.25, 0.3) is 10.9 Å². The maximum absolute atomic E-state index is 11.6. The van der Waals surface area contributed by atoms with Crippen molar-refractivity contribution in [3.63, 3.8) is 0 Å². The molecule has 0 saturated heterocycles. The molecule has 1 fully saturated rings. The van der Waals surface area contributed by atoms with Crippen molar-refractivity contribution < 1.29 is 9.90 Å². The molecular weight excluding hydrogens is 318 g/mol. The first-order chi connectivity index (χ1) is 9.47. The number of aromatic carboxylic acids is 1. The number of halogens is 1. The summed E-state index contributed by atoms with van der Waals surface area (Å²) in [5.41, 5.74) is 3.23. The molecule has 1 heterocycles. The first-order valence-electron chi connectivity index (χ1n) is 6.84. The van der Waals surface area contributed by atoms with Gasteiger partial charge in [-0.2, -0.15) is 0 Å². The van der Waals surface area contributed by atoms with Crippen LogP contribution in [0, 0.1) is 0 Å². The molecule has 3 nitrogen and oxygen atoms in total. The van der Waals surface area contributed by atoms with Gasteiger partial charge < -0.3 is 5.11 Å². The zero-order valence-electron chi connectivity index (χ0n) is 11.5. The lowest BCUT2D eigenvalue weighted by atomic mass is 9.96. The molecule has 1 aromatic heterocycles. The molecule has 1 aliphatic carbocycles. The minimum absolute atomic E-state index is 0.304. The standard InChI is InChI=1S/C16H16BrNO2/c1-8(2)11-5-10(17)6-12-13(16(19)20)7-14(9-3-4-9)18-15(11)12/h5-9H,3-4H2,1-2H3,(H,19,20). The van der Waals surface area contributed by atoms with E-state index in [1.807, 2.05) is 12.1 Å². The first-order valence-corrected chi connectivity index (χ1v) is 7.64. The zero-order chi connectivity index (χ0) is 14.4. The van der Waals surface area contributed by atoms with Crippen LogP contribution in [0.4, 0.5) is 0 Å². The highest BCUT2D eigenvalue weighted by molar-refractivity contribution is 9.10. The number of carboxylic acids is 1. The molecule has 1 aliphatic rings. The topological polar surface area (TPSA) is 50.2 Å². The summed E-state index contributed by atoms with van der Waals surface area (Å²) in [5.74, 6) is -0.133. The van der Waals surface area contributed by atoms with E-state index in [1.54, 1.807) is 6.07 Å². The monoisotopic (exact) mass is 333 g/mol. The normalized spacial score (nSPS) is 15.0. The maximum Gasteiger partial charge on any atom is 0.336 e. The molecule has 1 saturated carbocycles. The number of aromatic nitrogens is 1. The van der Waals surface area contributed by atoms with Crippen molar-refractivity contribution in [2.24, 2.45) is 0 Å². The van der Waals surface area contributed by atoms with Crippen LogP contribution in [0.15, 0.2) is 22.7 Å². The lowest BCUT2D eigenvalue weighted by Crippen LogP contribution is -2.04. The number of rotatable bonds is 3. The quantitative estimate of drug-likeness (QED) is 0.885. The van der Waals surface area contributed by atoms with Gasteiger partial charge in [0.05, 0.1) is 11.1 Å². The molecule has 1 N–H and O–H groups in total. The Bertz CT molecular complexity index is 705. The van der Waals surface area contributed by atoms with Crippen molar-refractivity contribution in [2.75, 3.05) is 0 Å². The summed E-state index contributed by atoms with van der Waals surface area (Å²) in [5, 5.41) is 10.2. The van der Waals surface area contributed by atoms with E-state index in [9.17, 15) is 9.90 Å². The molecule has 3 rings (SSSR count). The fourth-order valence-electron chi connectivity index (χ4n) is 2.54. The molecule has 0 amide bonds. The number of hydrogen-bond donors (Lipinski definition) is 1. The molecule has 0 radical (unpaired) electrons. The molecule has 0 atom stereocenters. The zero-order valence-corrected chi connectivity index (χ0v) is 13.1. The Morgan fingerprint density at radius 3 is 2.60 bits per heavy atom. The van der Waals surface area contributed by atoms with Gasteiger partial charge in [0, 0.05) is 21.5 Å². The molecule has 4 heteroatoms. The Hall–Kier alpha value is -1.42. The van der Waals surface area contributed by atoms with Crippen LogP contribution in [0.5, 0.6) is 0 Å². The number of carbonyl (C=O) groups is 1. The van der Waals surface area contributed by atoms with Gasteiger partial charge >= 0.3 is 5.97 Å². The highest BCUT2D eigenvalue weighted by Gasteiger charge is 2.27. The second kappa shape index (κ2) is 4.85. The molecule has 0 spiro atoms. The third-order valence-corrected chi connectivity index (χ3v) is 4.23. The number of benzene rings is 1. The van der Waals surface area contributed by atoms with E-state index in [-0.39, 0.29) is 0 Å². The Balaban J connectivity index is 2.37. The molecule has 104 valence electrons. The largest absolute Gasteiger partial charge is 0.478 e. The third kappa shape index (κ3) is 2.33. The van der Waals surface area contributed by atoms with Crippen molar-refractivity contribution in [1.82, 2.24) is 4.98 Å². The Labute approximate surface area is 126 Å². The highest BCUT2D eigenvalue weighted by atomic mass is 79.9. The number of fused-ring (bicyclic) bond motifs is 1. The summed E-state index contributed by atoms with van der Waals surface area (Å²) < 4.78 is 0.900. The van der Waals surface area contributed by atoms with Gasteiger partial charge in [0.1, 0.15) is 0 Å². The molecule has 0 unspecified atom stereocenters. The lowest BCUT2D eigenvalue weighted by Gasteiger charge is -2.13. The van der Waals surface area contributed by atoms with Crippen molar-refractivity contribution in [3.05, 3.63) is 39.5 Å². The van der Waals surface area contributed by atoms with E-state index in [0.717, 1.165) is 39.5 Å². The van der Waals surface area contributed by atoms with Crippen LogP contribution < -0.4 is 0 Å². The average Bonchev–Trinajstić information content (AvgIpc) is 3.20. The van der Waals surface area contributed by atoms with Crippen molar-refractivity contribution >= 4 is 32.8 Å². The van der Waals surface area contributed by atoms with Gasteiger partial charge in [-0.1, -0.05) is 29.8 Å². The van der Waals surface area contributed by atoms with Crippen molar-refractivity contribution in [3.8, 4) is 0 Å². The molecule has 1 aromatic carbocycles. The summed E-state index contributed by atoms with van der Waals surface area (Å²) in [6.07, 6.45) is 2.23. The summed E-state index contributed by atoms with van der Waals surface area (Å²) in [6, 6.07) is 5.65.